The van der Waals surface area contributed by atoms with E-state index in [1.54, 1.807) is 6.07 Å². The van der Waals surface area contributed by atoms with Crippen molar-refractivity contribution in [3.05, 3.63) is 46.4 Å². The normalized spacial score (nSPS) is 11.3. The Labute approximate surface area is 128 Å². The smallest absolute Gasteiger partial charge is 0.406 e. The van der Waals surface area contributed by atoms with Gasteiger partial charge in [-0.15, -0.1) is 13.2 Å². The minimum atomic E-state index is -4.75. The molecule has 0 saturated carbocycles. The lowest BCUT2D eigenvalue weighted by molar-refractivity contribution is -0.274. The quantitative estimate of drug-likeness (QED) is 0.755. The van der Waals surface area contributed by atoms with Gasteiger partial charge < -0.3 is 15.8 Å². The minimum absolute atomic E-state index is 0.274. The van der Waals surface area contributed by atoms with E-state index in [0.29, 0.717) is 17.1 Å². The number of hydrogen-bond acceptors (Lipinski definition) is 3. The average Bonchev–Trinajstić information content (AvgIpc) is 2.34. The molecule has 3 N–H and O–H groups in total. The fraction of sp³-hybridized carbons (Fsp3) is 0.0769. The third-order valence-corrected chi connectivity index (χ3v) is 3.16. The predicted molar refractivity (Wildman–Crippen MR) is 77.3 cm³/mol. The van der Waals surface area contributed by atoms with Crippen LogP contribution in [0.1, 0.15) is 0 Å². The molecule has 112 valence electrons. The van der Waals surface area contributed by atoms with E-state index >= 15 is 0 Å². The molecule has 0 aliphatic carbocycles. The van der Waals surface area contributed by atoms with Crippen LogP contribution < -0.4 is 15.8 Å². The first-order valence-electron chi connectivity index (χ1n) is 5.62. The first-order chi connectivity index (χ1) is 9.74. The maximum absolute atomic E-state index is 12.2. The fourth-order valence-electron chi connectivity index (χ4n) is 1.60. The van der Waals surface area contributed by atoms with Gasteiger partial charge in [-0.3, -0.25) is 0 Å². The second-order valence-corrected chi connectivity index (χ2v) is 4.87. The Kier molecular flexibility index (Phi) is 4.39. The van der Waals surface area contributed by atoms with Gasteiger partial charge >= 0.3 is 6.36 Å². The molecule has 21 heavy (non-hydrogen) atoms. The lowest BCUT2D eigenvalue weighted by atomic mass is 10.2. The van der Waals surface area contributed by atoms with Crippen molar-refractivity contribution in [1.29, 1.82) is 0 Å². The molecule has 0 aliphatic rings. The van der Waals surface area contributed by atoms with Gasteiger partial charge in [0, 0.05) is 11.8 Å². The Balaban J connectivity index is 2.24. The Hall–Kier alpha value is -1.79. The summed E-state index contributed by atoms with van der Waals surface area (Å²) in [5, 5.41) is 3.41. The third kappa shape index (κ3) is 4.34. The lowest BCUT2D eigenvalue weighted by Crippen LogP contribution is -2.17. The summed E-state index contributed by atoms with van der Waals surface area (Å²) in [5.74, 6) is -0.342. The topological polar surface area (TPSA) is 47.3 Å². The molecule has 0 saturated heterocycles. The summed E-state index contributed by atoms with van der Waals surface area (Å²) in [6.07, 6.45) is -4.75. The fourth-order valence-corrected chi connectivity index (χ4v) is 1.93. The Morgan fingerprint density at radius 3 is 2.38 bits per heavy atom. The van der Waals surface area contributed by atoms with Gasteiger partial charge in [0.2, 0.25) is 0 Å². The van der Waals surface area contributed by atoms with Gasteiger partial charge in [-0.25, -0.2) is 0 Å². The predicted octanol–water partition coefficient (Wildman–Crippen LogP) is 5.22. The van der Waals surface area contributed by atoms with Crippen LogP contribution in [-0.2, 0) is 0 Å². The molecule has 8 heteroatoms. The van der Waals surface area contributed by atoms with Gasteiger partial charge in [0.15, 0.2) is 0 Å². The van der Waals surface area contributed by atoms with E-state index < -0.39 is 6.36 Å². The highest BCUT2D eigenvalue weighted by atomic mass is 35.5. The number of rotatable bonds is 3. The van der Waals surface area contributed by atoms with Crippen LogP contribution in [0.2, 0.25) is 10.0 Å². The van der Waals surface area contributed by atoms with Crippen molar-refractivity contribution in [2.75, 3.05) is 11.1 Å². The van der Waals surface area contributed by atoms with E-state index in [1.807, 2.05) is 0 Å². The number of hydrogen-bond donors (Lipinski definition) is 2. The zero-order valence-electron chi connectivity index (χ0n) is 10.3. The number of ether oxygens (including phenoxy) is 1. The molecule has 3 nitrogen and oxygen atoms in total. The molecule has 0 atom stereocenters. The van der Waals surface area contributed by atoms with Gasteiger partial charge in [0.05, 0.1) is 21.4 Å². The molecule has 2 aromatic rings. The van der Waals surface area contributed by atoms with Gasteiger partial charge in [0.25, 0.3) is 0 Å². The molecule has 0 amide bonds. The molecule has 0 unspecified atom stereocenters. The van der Waals surface area contributed by atoms with E-state index in [4.69, 9.17) is 28.9 Å². The number of benzene rings is 2. The molecule has 2 aromatic carbocycles. The monoisotopic (exact) mass is 336 g/mol. The first-order valence-corrected chi connectivity index (χ1v) is 6.37. The van der Waals surface area contributed by atoms with E-state index in [9.17, 15) is 13.2 Å². The zero-order valence-corrected chi connectivity index (χ0v) is 11.9. The molecule has 0 aliphatic heterocycles. The molecule has 0 fully saturated rings. The summed E-state index contributed by atoms with van der Waals surface area (Å²) in [5.41, 5.74) is 6.86. The van der Waals surface area contributed by atoms with Crippen LogP contribution in [0.4, 0.5) is 30.2 Å². The zero-order chi connectivity index (χ0) is 15.6. The summed E-state index contributed by atoms with van der Waals surface area (Å²) in [6, 6.07) is 8.29. The molecular weight excluding hydrogens is 328 g/mol. The maximum Gasteiger partial charge on any atom is 0.573 e. The SMILES string of the molecule is Nc1cc(Cl)c(Cl)cc1Nc1cccc(OC(F)(F)F)c1. The van der Waals surface area contributed by atoms with E-state index in [-0.39, 0.29) is 15.8 Å². The first kappa shape index (κ1) is 15.6. The van der Waals surface area contributed by atoms with Gasteiger partial charge in [-0.2, -0.15) is 0 Å². The number of alkyl halides is 3. The van der Waals surface area contributed by atoms with Gasteiger partial charge in [-0.1, -0.05) is 29.3 Å². The molecule has 0 heterocycles. The molecule has 0 spiro atoms. The van der Waals surface area contributed by atoms with Crippen molar-refractivity contribution in [1.82, 2.24) is 0 Å². The number of anilines is 3. The van der Waals surface area contributed by atoms with Crippen LogP contribution >= 0.6 is 23.2 Å². The number of nitrogens with two attached hydrogens (primary N) is 1. The summed E-state index contributed by atoms with van der Waals surface area (Å²) < 4.78 is 40.3. The highest BCUT2D eigenvalue weighted by Crippen LogP contribution is 2.33. The van der Waals surface area contributed by atoms with Crippen LogP contribution in [0.15, 0.2) is 36.4 Å². The summed E-state index contributed by atoms with van der Waals surface area (Å²) in [6.45, 7) is 0. The minimum Gasteiger partial charge on any atom is -0.406 e. The van der Waals surface area contributed by atoms with E-state index in [2.05, 4.69) is 10.1 Å². The van der Waals surface area contributed by atoms with Gasteiger partial charge in [0.1, 0.15) is 5.75 Å². The Bertz CT molecular complexity index is 662. The van der Waals surface area contributed by atoms with Crippen molar-refractivity contribution in [2.24, 2.45) is 0 Å². The molecule has 0 bridgehead atoms. The van der Waals surface area contributed by atoms with Crippen LogP contribution in [0.25, 0.3) is 0 Å². The largest absolute Gasteiger partial charge is 0.573 e. The van der Waals surface area contributed by atoms with Crippen molar-refractivity contribution in [3.63, 3.8) is 0 Å². The average molecular weight is 337 g/mol. The van der Waals surface area contributed by atoms with Gasteiger partial charge in [-0.05, 0) is 24.3 Å². The Morgan fingerprint density at radius 2 is 1.71 bits per heavy atom. The third-order valence-electron chi connectivity index (χ3n) is 2.44. The van der Waals surface area contributed by atoms with Crippen LogP contribution in [-0.4, -0.2) is 6.36 Å². The second-order valence-electron chi connectivity index (χ2n) is 4.05. The van der Waals surface area contributed by atoms with Crippen LogP contribution in [0.5, 0.6) is 5.75 Å². The van der Waals surface area contributed by atoms with Crippen molar-refractivity contribution in [2.45, 2.75) is 6.36 Å². The maximum atomic E-state index is 12.2. The molecule has 0 aromatic heterocycles. The highest BCUT2D eigenvalue weighted by molar-refractivity contribution is 6.42. The summed E-state index contributed by atoms with van der Waals surface area (Å²) in [7, 11) is 0. The van der Waals surface area contributed by atoms with Crippen LogP contribution in [0, 0.1) is 0 Å². The standard InChI is InChI=1S/C13H9Cl2F3N2O/c14-9-5-11(19)12(6-10(9)15)20-7-2-1-3-8(4-7)21-13(16,17)18/h1-6,20H,19H2. The van der Waals surface area contributed by atoms with Crippen molar-refractivity contribution >= 4 is 40.3 Å². The summed E-state index contributed by atoms with van der Waals surface area (Å²) in [4.78, 5) is 0. The second kappa shape index (κ2) is 5.91. The molecule has 2 rings (SSSR count). The van der Waals surface area contributed by atoms with Crippen molar-refractivity contribution in [3.8, 4) is 5.75 Å². The van der Waals surface area contributed by atoms with E-state index in [0.717, 1.165) is 0 Å². The molecule has 0 radical (unpaired) electrons. The number of halogens is 5. The lowest BCUT2D eigenvalue weighted by Gasteiger charge is -2.13. The van der Waals surface area contributed by atoms with Crippen LogP contribution in [0.3, 0.4) is 0 Å². The highest BCUT2D eigenvalue weighted by Gasteiger charge is 2.31. The molecular formula is C13H9Cl2F3N2O. The summed E-state index contributed by atoms with van der Waals surface area (Å²) >= 11 is 11.7. The van der Waals surface area contributed by atoms with Crippen molar-refractivity contribution < 1.29 is 17.9 Å². The Morgan fingerprint density at radius 1 is 1.05 bits per heavy atom. The van der Waals surface area contributed by atoms with E-state index in [1.165, 1.54) is 30.3 Å². The number of nitrogens with one attached hydrogen (secondary N) is 1. The number of nitrogen functional groups attached to an aromatic ring is 1.